The van der Waals surface area contributed by atoms with Crippen LogP contribution in [0, 0.1) is 0 Å². The van der Waals surface area contributed by atoms with Crippen molar-refractivity contribution in [2.75, 3.05) is 11.9 Å². The van der Waals surface area contributed by atoms with Crippen molar-refractivity contribution in [3.05, 3.63) is 30.0 Å². The number of nitrogens with one attached hydrogen (secondary N) is 2. The highest BCUT2D eigenvalue weighted by molar-refractivity contribution is 5.97. The second-order valence-corrected chi connectivity index (χ2v) is 6.00. The molecule has 1 amide bonds. The number of esters is 1. The quantitative estimate of drug-likeness (QED) is 0.822. The number of anilines is 1. The number of benzene rings is 1. The smallest absolute Gasteiger partial charge is 0.411 e. The molecule has 128 valence electrons. The van der Waals surface area contributed by atoms with E-state index in [4.69, 9.17) is 9.47 Å². The van der Waals surface area contributed by atoms with Crippen molar-refractivity contribution in [3.8, 4) is 0 Å². The molecule has 0 saturated heterocycles. The van der Waals surface area contributed by atoms with Crippen LogP contribution in [-0.4, -0.2) is 29.8 Å². The first-order valence-corrected chi connectivity index (χ1v) is 8.43. The van der Waals surface area contributed by atoms with E-state index >= 15 is 0 Å². The minimum absolute atomic E-state index is 0.0187. The molecular formula is C18H22N2O4. The van der Waals surface area contributed by atoms with E-state index in [1.807, 2.05) is 6.07 Å². The lowest BCUT2D eigenvalue weighted by molar-refractivity contribution is 0.0520. The average molecular weight is 330 g/mol. The van der Waals surface area contributed by atoms with Crippen LogP contribution in [0.2, 0.25) is 0 Å². The lowest BCUT2D eigenvalue weighted by Crippen LogP contribution is -2.24. The molecule has 0 aliphatic heterocycles. The van der Waals surface area contributed by atoms with Crippen LogP contribution in [0.1, 0.15) is 49.5 Å². The van der Waals surface area contributed by atoms with Gasteiger partial charge in [0.25, 0.3) is 0 Å². The number of aromatic amines is 1. The van der Waals surface area contributed by atoms with Gasteiger partial charge in [0.1, 0.15) is 11.8 Å². The molecule has 1 aliphatic rings. The standard InChI is InChI=1S/C18H22N2O4/c1-2-23-17(21)16-11-12-10-13(8-9-15(12)20-16)19-18(22)24-14-6-4-3-5-7-14/h8-11,14,20H,2-7H2,1H3,(H,19,22). The molecule has 0 atom stereocenters. The summed E-state index contributed by atoms with van der Waals surface area (Å²) in [7, 11) is 0. The van der Waals surface area contributed by atoms with Gasteiger partial charge in [0.2, 0.25) is 0 Å². The Hall–Kier alpha value is -2.50. The van der Waals surface area contributed by atoms with Crippen molar-refractivity contribution in [2.45, 2.75) is 45.1 Å². The first-order valence-electron chi connectivity index (χ1n) is 8.43. The van der Waals surface area contributed by atoms with Gasteiger partial charge in [-0.15, -0.1) is 0 Å². The zero-order valence-corrected chi connectivity index (χ0v) is 13.8. The summed E-state index contributed by atoms with van der Waals surface area (Å²) in [5.74, 6) is -0.389. The second-order valence-electron chi connectivity index (χ2n) is 6.00. The Balaban J connectivity index is 1.66. The van der Waals surface area contributed by atoms with Gasteiger partial charge in [-0.3, -0.25) is 5.32 Å². The minimum Gasteiger partial charge on any atom is -0.461 e. The number of aromatic nitrogens is 1. The molecule has 1 heterocycles. The fraction of sp³-hybridized carbons (Fsp3) is 0.444. The summed E-state index contributed by atoms with van der Waals surface area (Å²) in [6.45, 7) is 2.09. The molecule has 1 aliphatic carbocycles. The SMILES string of the molecule is CCOC(=O)c1cc2cc(NC(=O)OC3CCCCC3)ccc2[nH]1. The molecule has 0 bridgehead atoms. The normalized spacial score (nSPS) is 15.2. The van der Waals surface area contributed by atoms with Crippen LogP contribution < -0.4 is 5.32 Å². The van der Waals surface area contributed by atoms with Gasteiger partial charge >= 0.3 is 12.1 Å². The Morgan fingerprint density at radius 1 is 1.21 bits per heavy atom. The Morgan fingerprint density at radius 3 is 2.75 bits per heavy atom. The third-order valence-corrected chi connectivity index (χ3v) is 4.19. The fourth-order valence-corrected chi connectivity index (χ4v) is 3.01. The Labute approximate surface area is 140 Å². The molecule has 0 radical (unpaired) electrons. The largest absolute Gasteiger partial charge is 0.461 e. The van der Waals surface area contributed by atoms with Gasteiger partial charge < -0.3 is 14.5 Å². The van der Waals surface area contributed by atoms with E-state index in [2.05, 4.69) is 10.3 Å². The molecule has 3 rings (SSSR count). The van der Waals surface area contributed by atoms with Crippen LogP contribution in [0.25, 0.3) is 10.9 Å². The number of fused-ring (bicyclic) bond motifs is 1. The number of H-pyrrole nitrogens is 1. The summed E-state index contributed by atoms with van der Waals surface area (Å²) in [6.07, 6.45) is 4.91. The molecule has 6 nitrogen and oxygen atoms in total. The molecule has 2 aromatic rings. The van der Waals surface area contributed by atoms with Crippen LogP contribution in [0.3, 0.4) is 0 Å². The number of ether oxygens (including phenoxy) is 2. The van der Waals surface area contributed by atoms with E-state index in [0.717, 1.165) is 36.6 Å². The van der Waals surface area contributed by atoms with E-state index in [-0.39, 0.29) is 12.1 Å². The van der Waals surface area contributed by atoms with Gasteiger partial charge in [-0.25, -0.2) is 9.59 Å². The Morgan fingerprint density at radius 2 is 2.00 bits per heavy atom. The van der Waals surface area contributed by atoms with E-state index < -0.39 is 6.09 Å². The summed E-state index contributed by atoms with van der Waals surface area (Å²) >= 11 is 0. The minimum atomic E-state index is -0.428. The topological polar surface area (TPSA) is 80.4 Å². The number of rotatable bonds is 4. The van der Waals surface area contributed by atoms with Gasteiger partial charge in [-0.2, -0.15) is 0 Å². The maximum atomic E-state index is 12.0. The summed E-state index contributed by atoms with van der Waals surface area (Å²) in [5, 5.41) is 3.58. The first kappa shape index (κ1) is 16.4. The van der Waals surface area contributed by atoms with Gasteiger partial charge in [0, 0.05) is 16.6 Å². The molecule has 0 spiro atoms. The third kappa shape index (κ3) is 3.88. The van der Waals surface area contributed by atoms with Crippen molar-refractivity contribution >= 4 is 28.7 Å². The van der Waals surface area contributed by atoms with Crippen LogP contribution >= 0.6 is 0 Å². The highest BCUT2D eigenvalue weighted by Crippen LogP contribution is 2.23. The van der Waals surface area contributed by atoms with Crippen molar-refractivity contribution in [1.29, 1.82) is 0 Å². The van der Waals surface area contributed by atoms with Crippen molar-refractivity contribution in [2.24, 2.45) is 0 Å². The molecule has 0 unspecified atom stereocenters. The molecular weight excluding hydrogens is 308 g/mol. The predicted octanol–water partition coefficient (Wildman–Crippen LogP) is 4.23. The summed E-state index contributed by atoms with van der Waals surface area (Å²) in [4.78, 5) is 26.8. The van der Waals surface area contributed by atoms with E-state index in [9.17, 15) is 9.59 Å². The molecule has 6 heteroatoms. The number of carbonyl (C=O) groups is 2. The number of hydrogen-bond acceptors (Lipinski definition) is 4. The monoisotopic (exact) mass is 330 g/mol. The first-order chi connectivity index (χ1) is 11.7. The summed E-state index contributed by atoms with van der Waals surface area (Å²) in [6, 6.07) is 7.10. The van der Waals surface area contributed by atoms with E-state index in [1.165, 1.54) is 6.42 Å². The van der Waals surface area contributed by atoms with Gasteiger partial charge in [0.15, 0.2) is 0 Å². The summed E-state index contributed by atoms with van der Waals surface area (Å²) in [5.41, 5.74) is 1.84. The maximum absolute atomic E-state index is 12.0. The predicted molar refractivity (Wildman–Crippen MR) is 91.2 cm³/mol. The van der Waals surface area contributed by atoms with Gasteiger partial charge in [0.05, 0.1) is 6.61 Å². The van der Waals surface area contributed by atoms with Crippen molar-refractivity contribution in [1.82, 2.24) is 4.98 Å². The lowest BCUT2D eigenvalue weighted by Gasteiger charge is -2.21. The molecule has 1 aromatic heterocycles. The second kappa shape index (κ2) is 7.38. The van der Waals surface area contributed by atoms with Gasteiger partial charge in [-0.05, 0) is 56.9 Å². The average Bonchev–Trinajstić information content (AvgIpc) is 2.99. The van der Waals surface area contributed by atoms with Crippen molar-refractivity contribution in [3.63, 3.8) is 0 Å². The lowest BCUT2D eigenvalue weighted by atomic mass is 9.98. The number of amides is 1. The van der Waals surface area contributed by atoms with Crippen LogP contribution in [0.15, 0.2) is 24.3 Å². The maximum Gasteiger partial charge on any atom is 0.411 e. The van der Waals surface area contributed by atoms with Crippen LogP contribution in [-0.2, 0) is 9.47 Å². The van der Waals surface area contributed by atoms with E-state index in [1.54, 1.807) is 25.1 Å². The zero-order chi connectivity index (χ0) is 16.9. The number of hydrogen-bond donors (Lipinski definition) is 2. The molecule has 1 fully saturated rings. The Bertz CT molecular complexity index is 732. The van der Waals surface area contributed by atoms with Crippen molar-refractivity contribution < 1.29 is 19.1 Å². The highest BCUT2D eigenvalue weighted by Gasteiger charge is 2.18. The Kier molecular flexibility index (Phi) is 5.03. The van der Waals surface area contributed by atoms with Crippen LogP contribution in [0.5, 0.6) is 0 Å². The molecule has 2 N–H and O–H groups in total. The third-order valence-electron chi connectivity index (χ3n) is 4.19. The van der Waals surface area contributed by atoms with Gasteiger partial charge in [-0.1, -0.05) is 6.42 Å². The highest BCUT2D eigenvalue weighted by atomic mass is 16.6. The fourth-order valence-electron chi connectivity index (χ4n) is 3.01. The molecule has 24 heavy (non-hydrogen) atoms. The number of carbonyl (C=O) groups excluding carboxylic acids is 2. The molecule has 1 saturated carbocycles. The van der Waals surface area contributed by atoms with Crippen LogP contribution in [0.4, 0.5) is 10.5 Å². The van der Waals surface area contributed by atoms with E-state index in [0.29, 0.717) is 18.0 Å². The zero-order valence-electron chi connectivity index (χ0n) is 13.8. The summed E-state index contributed by atoms with van der Waals surface area (Å²) < 4.78 is 10.4. The molecule has 1 aromatic carbocycles.